The summed E-state index contributed by atoms with van der Waals surface area (Å²) in [6.45, 7) is 3.94. The molecule has 0 aliphatic rings. The highest BCUT2D eigenvalue weighted by molar-refractivity contribution is 7.47. The summed E-state index contributed by atoms with van der Waals surface area (Å²) >= 11 is 0. The van der Waals surface area contributed by atoms with Gasteiger partial charge < -0.3 is 25.2 Å². The van der Waals surface area contributed by atoms with E-state index in [4.69, 9.17) is 29.4 Å². The summed E-state index contributed by atoms with van der Waals surface area (Å²) in [4.78, 5) is 33.8. The van der Waals surface area contributed by atoms with Crippen LogP contribution < -0.4 is 5.73 Å². The number of rotatable bonds is 55. The zero-order valence-electron chi connectivity index (χ0n) is 43.8. The van der Waals surface area contributed by atoms with E-state index in [1.807, 2.05) is 0 Å². The molecule has 0 radical (unpaired) electrons. The molecule has 0 rings (SSSR count). The second kappa shape index (κ2) is 52.3. The number of esters is 1. The van der Waals surface area contributed by atoms with Gasteiger partial charge in [0, 0.05) is 13.0 Å². The lowest BCUT2D eigenvalue weighted by atomic mass is 10.0. The van der Waals surface area contributed by atoms with Crippen molar-refractivity contribution in [2.45, 2.75) is 296 Å². The summed E-state index contributed by atoms with van der Waals surface area (Å²) in [5, 5.41) is 8.95. The monoisotopic (exact) mass is 970 g/mol. The van der Waals surface area contributed by atoms with Gasteiger partial charge in [0.25, 0.3) is 0 Å². The molecule has 0 heterocycles. The molecule has 4 N–H and O–H groups in total. The van der Waals surface area contributed by atoms with Crippen LogP contribution >= 0.6 is 7.82 Å². The lowest BCUT2D eigenvalue weighted by Crippen LogP contribution is -2.34. The largest absolute Gasteiger partial charge is 0.480 e. The minimum Gasteiger partial charge on any atom is -0.480 e. The van der Waals surface area contributed by atoms with Crippen molar-refractivity contribution in [3.63, 3.8) is 0 Å². The van der Waals surface area contributed by atoms with E-state index >= 15 is 0 Å². The minimum absolute atomic E-state index is 0.0212. The number of ether oxygens (including phenoxy) is 2. The van der Waals surface area contributed by atoms with Crippen molar-refractivity contribution in [2.24, 2.45) is 5.73 Å². The Morgan fingerprint density at radius 2 is 0.821 bits per heavy atom. The molecule has 396 valence electrons. The average Bonchev–Trinajstić information content (AvgIpc) is 3.31. The highest BCUT2D eigenvalue weighted by atomic mass is 31.2. The van der Waals surface area contributed by atoms with Crippen molar-refractivity contribution in [1.82, 2.24) is 0 Å². The van der Waals surface area contributed by atoms with Crippen molar-refractivity contribution < 1.29 is 42.7 Å². The molecule has 0 bridgehead atoms. The number of unbranched alkanes of at least 4 members (excludes halogenated alkanes) is 37. The summed E-state index contributed by atoms with van der Waals surface area (Å²) in [5.41, 5.74) is 5.39. The molecule has 0 spiro atoms. The molecule has 3 atom stereocenters. The first-order valence-corrected chi connectivity index (χ1v) is 29.9. The lowest BCUT2D eigenvalue weighted by molar-refractivity contribution is -0.154. The average molecular weight is 970 g/mol. The molecule has 11 heteroatoms. The number of carboxylic acids is 1. The van der Waals surface area contributed by atoms with Crippen molar-refractivity contribution in [3.8, 4) is 0 Å². The Morgan fingerprint density at radius 3 is 1.21 bits per heavy atom. The quantitative estimate of drug-likeness (QED) is 0.0232. The van der Waals surface area contributed by atoms with Gasteiger partial charge in [0.2, 0.25) is 0 Å². The first kappa shape index (κ1) is 65.5. The van der Waals surface area contributed by atoms with Gasteiger partial charge in [-0.3, -0.25) is 18.6 Å². The molecule has 0 fully saturated rings. The third kappa shape index (κ3) is 52.1. The number of allylic oxidation sites excluding steroid dienone is 4. The predicted molar refractivity (Wildman–Crippen MR) is 282 cm³/mol. The van der Waals surface area contributed by atoms with Gasteiger partial charge in [-0.25, -0.2) is 4.57 Å². The van der Waals surface area contributed by atoms with E-state index < -0.39 is 45.1 Å². The van der Waals surface area contributed by atoms with Gasteiger partial charge in [-0.1, -0.05) is 256 Å². The van der Waals surface area contributed by atoms with Crippen LogP contribution in [-0.2, 0) is 32.7 Å². The molecule has 10 nitrogen and oxygen atoms in total. The zero-order valence-corrected chi connectivity index (χ0v) is 44.7. The van der Waals surface area contributed by atoms with Crippen LogP contribution in [0.15, 0.2) is 24.3 Å². The smallest absolute Gasteiger partial charge is 0.472 e. The van der Waals surface area contributed by atoms with Crippen LogP contribution in [0.2, 0.25) is 0 Å². The molecule has 0 aliphatic heterocycles. The number of carbonyl (C=O) groups excluding carboxylic acids is 1. The second-order valence-electron chi connectivity index (χ2n) is 19.4. The topological polar surface area (TPSA) is 155 Å². The van der Waals surface area contributed by atoms with Crippen molar-refractivity contribution in [2.75, 3.05) is 26.4 Å². The van der Waals surface area contributed by atoms with E-state index in [-0.39, 0.29) is 13.0 Å². The van der Waals surface area contributed by atoms with Crippen molar-refractivity contribution >= 4 is 19.8 Å². The van der Waals surface area contributed by atoms with Crippen LogP contribution in [0.1, 0.15) is 284 Å². The highest BCUT2D eigenvalue weighted by Crippen LogP contribution is 2.43. The first-order chi connectivity index (χ1) is 32.7. The summed E-state index contributed by atoms with van der Waals surface area (Å²) in [6, 6.07) is -1.47. The van der Waals surface area contributed by atoms with Crippen LogP contribution in [0.4, 0.5) is 0 Å². The SMILES string of the molecule is CCCCCCC/C=C\C/C=C\CCCCCCCCCCCCCCOCC(COP(=O)(O)OCC(N)C(=O)O)OC(=O)CCCCCCCCCCCCCCCCCCCCCCC. The Labute approximate surface area is 413 Å². The Morgan fingerprint density at radius 1 is 0.478 bits per heavy atom. The molecule has 3 unspecified atom stereocenters. The third-order valence-electron chi connectivity index (χ3n) is 12.7. The standard InChI is InChI=1S/C56H108NO9P/c1-3-5-7-9-11-13-15-17-19-21-23-25-26-27-29-31-33-35-37-39-41-43-45-47-49-63-50-53(51-64-67(61,62)65-52-54(57)56(59)60)66-55(58)48-46-44-42-40-38-36-34-32-30-28-24-22-20-18-16-14-12-10-8-6-4-2/h15,17,21,23,53-54H,3-14,16,18-20,22,24-52,57H2,1-2H3,(H,59,60)(H,61,62)/b17-15-,23-21-. The molecule has 0 saturated heterocycles. The molecular formula is C56H108NO9P. The fourth-order valence-electron chi connectivity index (χ4n) is 8.34. The van der Waals surface area contributed by atoms with Crippen LogP contribution in [0, 0.1) is 0 Å². The second-order valence-corrected chi connectivity index (χ2v) is 20.9. The number of phosphoric acid groups is 1. The minimum atomic E-state index is -4.62. The van der Waals surface area contributed by atoms with Crippen molar-refractivity contribution in [3.05, 3.63) is 24.3 Å². The van der Waals surface area contributed by atoms with E-state index in [0.717, 1.165) is 44.9 Å². The van der Waals surface area contributed by atoms with Gasteiger partial charge in [-0.15, -0.1) is 0 Å². The Hall–Kier alpha value is -1.55. The van der Waals surface area contributed by atoms with Crippen LogP contribution in [-0.4, -0.2) is 60.5 Å². The Kier molecular flexibility index (Phi) is 51.1. The predicted octanol–water partition coefficient (Wildman–Crippen LogP) is 17.0. The fourth-order valence-corrected chi connectivity index (χ4v) is 9.12. The summed E-state index contributed by atoms with van der Waals surface area (Å²) in [6.07, 6.45) is 61.0. The van der Waals surface area contributed by atoms with Crippen molar-refractivity contribution in [1.29, 1.82) is 0 Å². The first-order valence-electron chi connectivity index (χ1n) is 28.4. The van der Waals surface area contributed by atoms with E-state index in [1.165, 1.54) is 218 Å². The maximum Gasteiger partial charge on any atom is 0.472 e. The molecular weight excluding hydrogens is 862 g/mol. The molecule has 0 aliphatic carbocycles. The molecule has 0 amide bonds. The molecule has 0 saturated carbocycles. The number of hydrogen-bond donors (Lipinski definition) is 3. The maximum atomic E-state index is 12.7. The third-order valence-corrected chi connectivity index (χ3v) is 13.7. The van der Waals surface area contributed by atoms with Crippen LogP contribution in [0.25, 0.3) is 0 Å². The van der Waals surface area contributed by atoms with Crippen LogP contribution in [0.5, 0.6) is 0 Å². The number of hydrogen-bond acceptors (Lipinski definition) is 8. The number of aliphatic carboxylic acids is 1. The van der Waals surface area contributed by atoms with E-state index in [9.17, 15) is 19.0 Å². The molecule has 0 aromatic rings. The van der Waals surface area contributed by atoms with Gasteiger partial charge in [0.15, 0.2) is 0 Å². The Balaban J connectivity index is 4.05. The molecule has 0 aromatic carbocycles. The van der Waals surface area contributed by atoms with E-state index in [2.05, 4.69) is 38.2 Å². The Bertz CT molecular complexity index is 1170. The summed E-state index contributed by atoms with van der Waals surface area (Å²) < 4.78 is 33.6. The number of phosphoric ester groups is 1. The van der Waals surface area contributed by atoms with Gasteiger partial charge in [0.05, 0.1) is 19.8 Å². The van der Waals surface area contributed by atoms with Crippen LogP contribution in [0.3, 0.4) is 0 Å². The highest BCUT2D eigenvalue weighted by Gasteiger charge is 2.27. The number of carboxylic acid groups (broad SMARTS) is 1. The zero-order chi connectivity index (χ0) is 49.0. The van der Waals surface area contributed by atoms with Gasteiger partial charge in [-0.05, 0) is 44.9 Å². The summed E-state index contributed by atoms with van der Waals surface area (Å²) in [5.74, 6) is -1.76. The van der Waals surface area contributed by atoms with Gasteiger partial charge in [-0.2, -0.15) is 0 Å². The maximum absolute atomic E-state index is 12.7. The number of carbonyl (C=O) groups is 2. The normalized spacial score (nSPS) is 13.7. The fraction of sp³-hybridized carbons (Fsp3) is 0.893. The summed E-state index contributed by atoms with van der Waals surface area (Å²) in [7, 11) is -4.62. The van der Waals surface area contributed by atoms with Gasteiger partial charge in [0.1, 0.15) is 12.1 Å². The molecule has 67 heavy (non-hydrogen) atoms. The van der Waals surface area contributed by atoms with Gasteiger partial charge >= 0.3 is 19.8 Å². The lowest BCUT2D eigenvalue weighted by Gasteiger charge is -2.20. The van der Waals surface area contributed by atoms with E-state index in [0.29, 0.717) is 6.61 Å². The number of nitrogens with two attached hydrogens (primary N) is 1. The molecule has 0 aromatic heterocycles. The van der Waals surface area contributed by atoms with E-state index in [1.54, 1.807) is 0 Å².